The Labute approximate surface area is 115 Å². The van der Waals surface area contributed by atoms with Crippen molar-refractivity contribution in [3.63, 3.8) is 0 Å². The normalized spacial score (nSPS) is 10.6. The molecule has 106 valence electrons. The lowest BCUT2D eigenvalue weighted by molar-refractivity contribution is -0.135. The van der Waals surface area contributed by atoms with E-state index in [-0.39, 0.29) is 0 Å². The third-order valence-electron chi connectivity index (χ3n) is 3.04. The second-order valence-corrected chi connectivity index (χ2v) is 4.53. The highest BCUT2D eigenvalue weighted by Gasteiger charge is 2.19. The van der Waals surface area contributed by atoms with Crippen LogP contribution in [0.2, 0.25) is 0 Å². The summed E-state index contributed by atoms with van der Waals surface area (Å²) in [6.45, 7) is 3.44. The number of aromatic nitrogens is 3. The summed E-state index contributed by atoms with van der Waals surface area (Å²) in [4.78, 5) is 22.6. The topological polar surface area (TPSA) is 89.2 Å². The number of carbonyl (C=O) groups is 2. The third-order valence-corrected chi connectivity index (χ3v) is 3.04. The number of rotatable bonds is 4. The standard InChI is InChI=1S/C13H16N4O3/c1-8-4-5-9(2)17(8)13-10(6-15-16(13)3)12(20)14-7-11(18)19/h4-6H,7H2,1-3H3,(H,14,20)(H,18,19). The van der Waals surface area contributed by atoms with Crippen LogP contribution < -0.4 is 5.32 Å². The molecule has 2 aromatic rings. The van der Waals surface area contributed by atoms with Gasteiger partial charge < -0.3 is 15.0 Å². The van der Waals surface area contributed by atoms with Crippen LogP contribution >= 0.6 is 0 Å². The number of aryl methyl sites for hydroxylation is 3. The van der Waals surface area contributed by atoms with Gasteiger partial charge in [0.05, 0.1) is 6.20 Å². The molecule has 0 spiro atoms. The molecule has 2 N–H and O–H groups in total. The van der Waals surface area contributed by atoms with Crippen molar-refractivity contribution in [1.29, 1.82) is 0 Å². The summed E-state index contributed by atoms with van der Waals surface area (Å²) < 4.78 is 3.50. The minimum Gasteiger partial charge on any atom is -0.480 e. The Morgan fingerprint density at radius 1 is 1.30 bits per heavy atom. The molecule has 0 saturated heterocycles. The molecule has 0 aromatic carbocycles. The predicted octanol–water partition coefficient (Wildman–Crippen LogP) is 0.642. The lowest BCUT2D eigenvalue weighted by Gasteiger charge is -2.12. The van der Waals surface area contributed by atoms with Gasteiger partial charge in [-0.25, -0.2) is 0 Å². The average molecular weight is 276 g/mol. The van der Waals surface area contributed by atoms with Crippen LogP contribution in [0, 0.1) is 13.8 Å². The lowest BCUT2D eigenvalue weighted by atomic mass is 10.3. The van der Waals surface area contributed by atoms with E-state index in [1.807, 2.05) is 30.5 Å². The van der Waals surface area contributed by atoms with Gasteiger partial charge in [0.2, 0.25) is 0 Å². The highest BCUT2D eigenvalue weighted by atomic mass is 16.4. The number of carboxylic acid groups (broad SMARTS) is 1. The fourth-order valence-corrected chi connectivity index (χ4v) is 2.11. The molecule has 0 radical (unpaired) electrons. The van der Waals surface area contributed by atoms with E-state index in [1.165, 1.54) is 6.20 Å². The molecule has 0 unspecified atom stereocenters. The second kappa shape index (κ2) is 5.20. The lowest BCUT2D eigenvalue weighted by Crippen LogP contribution is -2.30. The number of carbonyl (C=O) groups excluding carboxylic acids is 1. The van der Waals surface area contributed by atoms with Crippen LogP contribution in [0.15, 0.2) is 18.3 Å². The number of nitrogens with zero attached hydrogens (tertiary/aromatic N) is 3. The van der Waals surface area contributed by atoms with Crippen LogP contribution in [0.4, 0.5) is 0 Å². The Hall–Kier alpha value is -2.57. The highest BCUT2D eigenvalue weighted by molar-refractivity contribution is 5.98. The first-order valence-electron chi connectivity index (χ1n) is 6.09. The van der Waals surface area contributed by atoms with Crippen molar-refractivity contribution in [2.45, 2.75) is 13.8 Å². The van der Waals surface area contributed by atoms with Crippen LogP contribution in [0.1, 0.15) is 21.7 Å². The zero-order valence-electron chi connectivity index (χ0n) is 11.5. The van der Waals surface area contributed by atoms with Crippen molar-refractivity contribution in [2.24, 2.45) is 7.05 Å². The van der Waals surface area contributed by atoms with E-state index in [2.05, 4.69) is 10.4 Å². The van der Waals surface area contributed by atoms with Gasteiger partial charge in [-0.05, 0) is 26.0 Å². The van der Waals surface area contributed by atoms with Crippen molar-refractivity contribution in [2.75, 3.05) is 6.54 Å². The molecular weight excluding hydrogens is 260 g/mol. The zero-order valence-corrected chi connectivity index (χ0v) is 11.5. The first kappa shape index (κ1) is 13.9. The molecule has 0 aliphatic rings. The van der Waals surface area contributed by atoms with Gasteiger partial charge in [-0.15, -0.1) is 0 Å². The van der Waals surface area contributed by atoms with Crippen LogP contribution in [-0.2, 0) is 11.8 Å². The summed E-state index contributed by atoms with van der Waals surface area (Å²) in [6.07, 6.45) is 1.44. The predicted molar refractivity (Wildman–Crippen MR) is 72.0 cm³/mol. The summed E-state index contributed by atoms with van der Waals surface area (Å²) in [6, 6.07) is 3.89. The quantitative estimate of drug-likeness (QED) is 0.857. The van der Waals surface area contributed by atoms with Gasteiger partial charge in [0.25, 0.3) is 5.91 Å². The molecule has 7 heteroatoms. The number of hydrogen-bond donors (Lipinski definition) is 2. The van der Waals surface area contributed by atoms with Crippen LogP contribution in [0.25, 0.3) is 5.82 Å². The molecular formula is C13H16N4O3. The fourth-order valence-electron chi connectivity index (χ4n) is 2.11. The van der Waals surface area contributed by atoms with Crippen molar-refractivity contribution in [1.82, 2.24) is 19.7 Å². The van der Waals surface area contributed by atoms with Crippen LogP contribution in [-0.4, -0.2) is 37.9 Å². The maximum absolute atomic E-state index is 12.1. The summed E-state index contributed by atoms with van der Waals surface area (Å²) in [7, 11) is 1.74. The van der Waals surface area contributed by atoms with Gasteiger partial charge in [0, 0.05) is 18.4 Å². The molecule has 20 heavy (non-hydrogen) atoms. The van der Waals surface area contributed by atoms with Gasteiger partial charge in [-0.3, -0.25) is 14.3 Å². The fraction of sp³-hybridized carbons (Fsp3) is 0.308. The van der Waals surface area contributed by atoms with E-state index >= 15 is 0 Å². The molecule has 0 atom stereocenters. The Kier molecular flexibility index (Phi) is 3.60. The molecule has 2 rings (SSSR count). The number of carboxylic acids is 1. The Balaban J connectivity index is 2.43. The summed E-state index contributed by atoms with van der Waals surface area (Å²) >= 11 is 0. The monoisotopic (exact) mass is 276 g/mol. The zero-order chi connectivity index (χ0) is 14.9. The SMILES string of the molecule is Cc1ccc(C)n1-c1c(C(=O)NCC(=O)O)cnn1C. The number of aliphatic carboxylic acids is 1. The van der Waals surface area contributed by atoms with Crippen LogP contribution in [0.3, 0.4) is 0 Å². The maximum Gasteiger partial charge on any atom is 0.322 e. The third kappa shape index (κ3) is 2.42. The molecule has 0 saturated carbocycles. The van der Waals surface area contributed by atoms with E-state index in [1.54, 1.807) is 11.7 Å². The summed E-state index contributed by atoms with van der Waals surface area (Å²) in [5.41, 5.74) is 2.29. The number of amides is 1. The van der Waals surface area contributed by atoms with Crippen molar-refractivity contribution in [3.8, 4) is 5.82 Å². The van der Waals surface area contributed by atoms with Crippen LogP contribution in [0.5, 0.6) is 0 Å². The van der Waals surface area contributed by atoms with E-state index in [9.17, 15) is 9.59 Å². The number of hydrogen-bond acceptors (Lipinski definition) is 3. The minimum atomic E-state index is -1.09. The van der Waals surface area contributed by atoms with Gasteiger partial charge >= 0.3 is 5.97 Å². The molecule has 2 heterocycles. The molecule has 0 fully saturated rings. The second-order valence-electron chi connectivity index (χ2n) is 4.53. The molecule has 1 amide bonds. The van der Waals surface area contributed by atoms with Crippen molar-refractivity contribution >= 4 is 11.9 Å². The van der Waals surface area contributed by atoms with Gasteiger partial charge in [0.1, 0.15) is 17.9 Å². The first-order valence-corrected chi connectivity index (χ1v) is 6.09. The van der Waals surface area contributed by atoms with E-state index < -0.39 is 18.4 Å². The Bertz CT molecular complexity index is 650. The Morgan fingerprint density at radius 2 is 1.90 bits per heavy atom. The van der Waals surface area contributed by atoms with E-state index in [0.717, 1.165) is 11.4 Å². The molecule has 7 nitrogen and oxygen atoms in total. The Morgan fingerprint density at radius 3 is 2.45 bits per heavy atom. The number of nitrogens with one attached hydrogen (secondary N) is 1. The smallest absolute Gasteiger partial charge is 0.322 e. The van der Waals surface area contributed by atoms with Crippen molar-refractivity contribution in [3.05, 3.63) is 35.3 Å². The highest BCUT2D eigenvalue weighted by Crippen LogP contribution is 2.19. The molecule has 2 aromatic heterocycles. The molecule has 0 aliphatic heterocycles. The summed E-state index contributed by atoms with van der Waals surface area (Å²) in [5, 5.41) is 15.1. The molecule has 0 bridgehead atoms. The van der Waals surface area contributed by atoms with Gasteiger partial charge in [0.15, 0.2) is 0 Å². The van der Waals surface area contributed by atoms with E-state index in [4.69, 9.17) is 5.11 Å². The maximum atomic E-state index is 12.1. The largest absolute Gasteiger partial charge is 0.480 e. The molecule has 0 aliphatic carbocycles. The van der Waals surface area contributed by atoms with E-state index in [0.29, 0.717) is 11.4 Å². The summed E-state index contributed by atoms with van der Waals surface area (Å²) in [5.74, 6) is -0.923. The minimum absolute atomic E-state index is 0.344. The first-order chi connectivity index (χ1) is 9.41. The van der Waals surface area contributed by atoms with Gasteiger partial charge in [-0.1, -0.05) is 0 Å². The van der Waals surface area contributed by atoms with Crippen molar-refractivity contribution < 1.29 is 14.7 Å². The average Bonchev–Trinajstić information content (AvgIpc) is 2.90. The van der Waals surface area contributed by atoms with Gasteiger partial charge in [-0.2, -0.15) is 5.10 Å².